The monoisotopic (exact) mass is 296 g/mol. The van der Waals surface area contributed by atoms with Gasteiger partial charge in [0.1, 0.15) is 11.7 Å². The zero-order valence-electron chi connectivity index (χ0n) is 12.6. The number of para-hydroxylation sites is 1. The predicted octanol–water partition coefficient (Wildman–Crippen LogP) is 2.60. The van der Waals surface area contributed by atoms with Crippen molar-refractivity contribution in [3.05, 3.63) is 42.5 Å². The van der Waals surface area contributed by atoms with Gasteiger partial charge in [0.2, 0.25) is 0 Å². The minimum absolute atomic E-state index is 0.0514. The van der Waals surface area contributed by atoms with Crippen molar-refractivity contribution in [3.63, 3.8) is 0 Å². The van der Waals surface area contributed by atoms with Gasteiger partial charge in [-0.2, -0.15) is 5.10 Å². The molecule has 5 unspecified atom stereocenters. The number of aliphatic hydroxyl groups excluding tert-OH is 1. The van der Waals surface area contributed by atoms with E-state index < -0.39 is 12.1 Å². The molecule has 4 heteroatoms. The number of carbonyl (C=O) groups is 1. The molecule has 4 rings (SSSR count). The first kappa shape index (κ1) is 13.7. The third kappa shape index (κ3) is 2.02. The Hall–Kier alpha value is -1.94. The Morgan fingerprint density at radius 2 is 2.00 bits per heavy atom. The number of ketones is 1. The molecule has 114 valence electrons. The second kappa shape index (κ2) is 5.06. The zero-order chi connectivity index (χ0) is 15.3. The molecule has 22 heavy (non-hydrogen) atoms. The topological polar surface area (TPSA) is 52.9 Å². The van der Waals surface area contributed by atoms with E-state index in [2.05, 4.69) is 17.3 Å². The van der Waals surface area contributed by atoms with Crippen LogP contribution in [0.25, 0.3) is 0 Å². The van der Waals surface area contributed by atoms with Gasteiger partial charge in [-0.15, -0.1) is 0 Å². The minimum Gasteiger partial charge on any atom is -0.371 e. The van der Waals surface area contributed by atoms with Crippen LogP contribution in [0, 0.1) is 23.7 Å². The second-order valence-electron chi connectivity index (χ2n) is 6.60. The van der Waals surface area contributed by atoms with Gasteiger partial charge in [0.25, 0.3) is 0 Å². The lowest BCUT2D eigenvalue weighted by molar-refractivity contribution is -0.127. The summed E-state index contributed by atoms with van der Waals surface area (Å²) in [6, 6.07) is 9.53. The van der Waals surface area contributed by atoms with Crippen molar-refractivity contribution in [2.75, 3.05) is 5.01 Å². The highest BCUT2D eigenvalue weighted by Gasteiger charge is 2.47. The highest BCUT2D eigenvalue weighted by molar-refractivity contribution is 6.07. The Bertz CT molecular complexity index is 652. The van der Waals surface area contributed by atoms with Crippen LogP contribution in [-0.4, -0.2) is 22.8 Å². The van der Waals surface area contributed by atoms with Gasteiger partial charge in [-0.05, 0) is 43.7 Å². The van der Waals surface area contributed by atoms with Crippen molar-refractivity contribution in [1.29, 1.82) is 0 Å². The van der Waals surface area contributed by atoms with Crippen LogP contribution in [0.5, 0.6) is 0 Å². The Morgan fingerprint density at radius 3 is 2.64 bits per heavy atom. The molecule has 0 spiro atoms. The van der Waals surface area contributed by atoms with Gasteiger partial charge < -0.3 is 5.11 Å². The number of hydrogen-bond donors (Lipinski definition) is 1. The van der Waals surface area contributed by atoms with E-state index in [9.17, 15) is 9.90 Å². The van der Waals surface area contributed by atoms with E-state index in [1.165, 1.54) is 0 Å². The number of nitrogens with zero attached hydrogens (tertiary/aromatic N) is 2. The molecule has 3 aliphatic rings. The van der Waals surface area contributed by atoms with Crippen LogP contribution in [0.3, 0.4) is 0 Å². The molecule has 1 saturated carbocycles. The number of anilines is 1. The van der Waals surface area contributed by atoms with Crippen LogP contribution in [0.2, 0.25) is 0 Å². The molecule has 1 heterocycles. The SMILES string of the molecule is CC1=NN(c2ccccc2)C(O)C1C(=O)C1CC2C=CC1C2. The second-order valence-corrected chi connectivity index (χ2v) is 6.60. The molecule has 0 radical (unpaired) electrons. The third-order valence-corrected chi connectivity index (χ3v) is 5.24. The number of carbonyl (C=O) groups excluding carboxylic acids is 1. The molecule has 5 atom stereocenters. The van der Waals surface area contributed by atoms with Gasteiger partial charge in [-0.3, -0.25) is 4.79 Å². The van der Waals surface area contributed by atoms with Crippen molar-refractivity contribution >= 4 is 17.2 Å². The molecule has 2 bridgehead atoms. The fourth-order valence-electron chi connectivity index (χ4n) is 4.13. The summed E-state index contributed by atoms with van der Waals surface area (Å²) in [6.45, 7) is 1.85. The Balaban J connectivity index is 1.57. The first-order valence-corrected chi connectivity index (χ1v) is 7.94. The lowest BCUT2D eigenvalue weighted by atomic mass is 9.81. The Morgan fingerprint density at radius 1 is 1.23 bits per heavy atom. The summed E-state index contributed by atoms with van der Waals surface area (Å²) in [5.74, 6) is 0.626. The first-order valence-electron chi connectivity index (χ1n) is 7.94. The Kier molecular flexibility index (Phi) is 3.15. The standard InChI is InChI=1S/C18H20N2O2/c1-11-16(17(21)15-10-12-7-8-13(15)9-12)18(22)20(19-11)14-5-3-2-4-6-14/h2-8,12-13,15-16,18,22H,9-10H2,1H3. The van der Waals surface area contributed by atoms with Gasteiger partial charge in [0.15, 0.2) is 6.23 Å². The average Bonchev–Trinajstić information content (AvgIpc) is 3.22. The summed E-state index contributed by atoms with van der Waals surface area (Å²) in [6.07, 6.45) is 5.55. The van der Waals surface area contributed by atoms with Crippen LogP contribution in [0.15, 0.2) is 47.6 Å². The number of allylic oxidation sites excluding steroid dienone is 2. The molecule has 0 saturated heterocycles. The van der Waals surface area contributed by atoms with E-state index in [0.29, 0.717) is 17.5 Å². The van der Waals surface area contributed by atoms with Gasteiger partial charge >= 0.3 is 0 Å². The smallest absolute Gasteiger partial charge is 0.162 e. The number of aliphatic hydroxyl groups is 1. The highest BCUT2D eigenvalue weighted by atomic mass is 16.3. The number of rotatable bonds is 3. The third-order valence-electron chi connectivity index (χ3n) is 5.24. The summed E-state index contributed by atoms with van der Waals surface area (Å²) in [7, 11) is 0. The van der Waals surface area contributed by atoms with Crippen molar-refractivity contribution in [2.24, 2.45) is 28.8 Å². The van der Waals surface area contributed by atoms with Crippen molar-refractivity contribution in [1.82, 2.24) is 0 Å². The molecule has 0 aromatic heterocycles. The molecular weight excluding hydrogens is 276 g/mol. The van der Waals surface area contributed by atoms with Gasteiger partial charge in [-0.1, -0.05) is 30.4 Å². The maximum absolute atomic E-state index is 12.9. The number of Topliss-reactive ketones (excluding diaryl/α,β-unsaturated/α-hetero) is 1. The highest BCUT2D eigenvalue weighted by Crippen LogP contribution is 2.45. The van der Waals surface area contributed by atoms with Crippen molar-refractivity contribution < 1.29 is 9.90 Å². The molecular formula is C18H20N2O2. The zero-order valence-corrected chi connectivity index (χ0v) is 12.6. The predicted molar refractivity (Wildman–Crippen MR) is 85.4 cm³/mol. The van der Waals surface area contributed by atoms with E-state index in [4.69, 9.17) is 0 Å². The largest absolute Gasteiger partial charge is 0.371 e. The lowest BCUT2D eigenvalue weighted by Crippen LogP contribution is -2.40. The average molecular weight is 296 g/mol. The minimum atomic E-state index is -0.891. The normalized spacial score (nSPS) is 36.0. The van der Waals surface area contributed by atoms with Crippen LogP contribution < -0.4 is 5.01 Å². The lowest BCUT2D eigenvalue weighted by Gasteiger charge is -2.26. The molecule has 1 fully saturated rings. The molecule has 1 aromatic rings. The quantitative estimate of drug-likeness (QED) is 0.872. The van der Waals surface area contributed by atoms with E-state index in [0.717, 1.165) is 18.5 Å². The maximum atomic E-state index is 12.9. The van der Waals surface area contributed by atoms with Crippen LogP contribution in [0.4, 0.5) is 5.69 Å². The van der Waals surface area contributed by atoms with Gasteiger partial charge in [0, 0.05) is 5.92 Å². The van der Waals surface area contributed by atoms with Crippen LogP contribution in [0.1, 0.15) is 19.8 Å². The molecule has 1 aromatic carbocycles. The fourth-order valence-corrected chi connectivity index (χ4v) is 4.13. The number of fused-ring (bicyclic) bond motifs is 2. The molecule has 1 N–H and O–H groups in total. The first-order chi connectivity index (χ1) is 10.6. The van der Waals surface area contributed by atoms with Crippen LogP contribution >= 0.6 is 0 Å². The summed E-state index contributed by atoms with van der Waals surface area (Å²) in [5.41, 5.74) is 1.53. The molecule has 2 aliphatic carbocycles. The Labute approximate surface area is 130 Å². The van der Waals surface area contributed by atoms with Crippen molar-refractivity contribution in [2.45, 2.75) is 26.0 Å². The fraction of sp³-hybridized carbons (Fsp3) is 0.444. The van der Waals surface area contributed by atoms with E-state index in [1.807, 2.05) is 37.3 Å². The van der Waals surface area contributed by atoms with E-state index in [1.54, 1.807) is 5.01 Å². The molecule has 0 amide bonds. The summed E-state index contributed by atoms with van der Waals surface area (Å²) in [4.78, 5) is 12.9. The maximum Gasteiger partial charge on any atom is 0.162 e. The summed E-state index contributed by atoms with van der Waals surface area (Å²) < 4.78 is 0. The summed E-state index contributed by atoms with van der Waals surface area (Å²) in [5, 5.41) is 16.7. The number of hydrogen-bond acceptors (Lipinski definition) is 4. The van der Waals surface area contributed by atoms with E-state index in [-0.39, 0.29) is 11.7 Å². The molecule has 4 nitrogen and oxygen atoms in total. The van der Waals surface area contributed by atoms with Crippen molar-refractivity contribution in [3.8, 4) is 0 Å². The van der Waals surface area contributed by atoms with E-state index >= 15 is 0 Å². The number of benzene rings is 1. The van der Waals surface area contributed by atoms with Gasteiger partial charge in [0.05, 0.1) is 11.4 Å². The number of hydrazone groups is 1. The van der Waals surface area contributed by atoms with Gasteiger partial charge in [-0.25, -0.2) is 5.01 Å². The molecule has 1 aliphatic heterocycles. The summed E-state index contributed by atoms with van der Waals surface area (Å²) >= 11 is 0. The van der Waals surface area contributed by atoms with Crippen LogP contribution in [-0.2, 0) is 4.79 Å².